The summed E-state index contributed by atoms with van der Waals surface area (Å²) in [5, 5.41) is 9.70. The summed E-state index contributed by atoms with van der Waals surface area (Å²) in [5.41, 5.74) is 37.3. The van der Waals surface area contributed by atoms with Crippen LogP contribution in [0.25, 0.3) is 111 Å². The molecule has 0 atom stereocenters. The van der Waals surface area contributed by atoms with Gasteiger partial charge in [0.05, 0.1) is 15.9 Å². The van der Waals surface area contributed by atoms with Gasteiger partial charge >= 0.3 is 0 Å². The second-order valence-electron chi connectivity index (χ2n) is 21.9. The Labute approximate surface area is 452 Å². The second kappa shape index (κ2) is 16.4. The van der Waals surface area contributed by atoms with E-state index in [1.54, 1.807) is 0 Å². The van der Waals surface area contributed by atoms with Crippen molar-refractivity contribution in [1.82, 2.24) is 14.5 Å². The quantitative estimate of drug-likeness (QED) is 0.165. The number of benzene rings is 7. The van der Waals surface area contributed by atoms with Crippen molar-refractivity contribution < 1.29 is 0 Å². The number of aromatic nitrogens is 3. The number of thiophene rings is 3. The Balaban J connectivity index is 1.13. The fourth-order valence-corrected chi connectivity index (χ4v) is 17.6. The van der Waals surface area contributed by atoms with E-state index >= 15 is 0 Å². The molecule has 322 valence electrons. The number of hydrogen-bond donors (Lipinski definition) is 0. The van der Waals surface area contributed by atoms with Crippen LogP contribution in [0.1, 0.15) is 0 Å². The van der Waals surface area contributed by atoms with Crippen molar-refractivity contribution in [3.05, 3.63) is 30.6 Å². The maximum atomic E-state index is 5.23. The van der Waals surface area contributed by atoms with Crippen LogP contribution in [0.2, 0.25) is 0 Å². The zero-order valence-electron chi connectivity index (χ0n) is 46.0. The van der Waals surface area contributed by atoms with Crippen molar-refractivity contribution in [2.45, 2.75) is 0 Å². The third-order valence-electron chi connectivity index (χ3n) is 18.8. The summed E-state index contributed by atoms with van der Waals surface area (Å²) in [6.07, 6.45) is 1.82. The van der Waals surface area contributed by atoms with Crippen LogP contribution in [0.4, 0.5) is 0 Å². The smallest absolute Gasteiger partial charge is 0.141 e. The Bertz CT molecular complexity index is 4590. The average molecular weight is 952 g/mol. The Kier molecular flexibility index (Phi) is 11.0. The summed E-state index contributed by atoms with van der Waals surface area (Å²) in [5.74, 6) is 0. The van der Waals surface area contributed by atoms with Crippen molar-refractivity contribution in [3.63, 3.8) is 0 Å². The molecule has 0 fully saturated rings. The summed E-state index contributed by atoms with van der Waals surface area (Å²) >= 11 is 5.84. The lowest BCUT2D eigenvalue weighted by Crippen LogP contribution is -2.48. The molecule has 0 amide bonds. The molecular weight excluding hydrogens is 907 g/mol. The number of fused-ring (bicyclic) bond motifs is 13. The molecule has 0 aliphatic rings. The maximum Gasteiger partial charge on any atom is 0.141 e. The predicted molar refractivity (Wildman–Crippen MR) is 389 cm³/mol. The first-order valence-electron chi connectivity index (χ1n) is 25.7. The van der Waals surface area contributed by atoms with Crippen LogP contribution >= 0.6 is 34.0 Å². The Hall–Kier alpha value is -4.62. The van der Waals surface area contributed by atoms with E-state index < -0.39 is 0 Å². The third kappa shape index (κ3) is 6.12. The van der Waals surface area contributed by atoms with Gasteiger partial charge in [-0.05, 0) is 56.4 Å². The van der Waals surface area contributed by atoms with Crippen LogP contribution in [0.15, 0.2) is 30.6 Å². The summed E-state index contributed by atoms with van der Waals surface area (Å²) in [6.45, 7) is 0. The molecule has 0 saturated heterocycles. The molecule has 0 N–H and O–H groups in total. The molecule has 0 bridgehead atoms. The average Bonchev–Trinajstić information content (AvgIpc) is 4.14. The molecule has 0 unspecified atom stereocenters. The molecule has 5 heterocycles. The number of rotatable bonds is 3. The van der Waals surface area contributed by atoms with Gasteiger partial charge in [-0.2, -0.15) is 0 Å². The normalized spacial score (nSPS) is 12.2. The Morgan fingerprint density at radius 2 is 0.792 bits per heavy atom. The van der Waals surface area contributed by atoms with Crippen molar-refractivity contribution in [2.24, 2.45) is 0 Å². The van der Waals surface area contributed by atoms with Crippen LogP contribution in [0.5, 0.6) is 0 Å². The van der Waals surface area contributed by atoms with Gasteiger partial charge in [-0.15, -0.1) is 66.8 Å². The van der Waals surface area contributed by atoms with Crippen LogP contribution in [-0.4, -0.2) is 171 Å². The zero-order valence-corrected chi connectivity index (χ0v) is 48.4. The highest BCUT2D eigenvalue weighted by atomic mass is 32.1. The van der Waals surface area contributed by atoms with Gasteiger partial charge in [0.2, 0.25) is 0 Å². The lowest BCUT2D eigenvalue weighted by Gasteiger charge is -2.23. The van der Waals surface area contributed by atoms with Gasteiger partial charge in [0.15, 0.2) is 0 Å². The van der Waals surface area contributed by atoms with Gasteiger partial charge in [-0.25, -0.2) is 9.97 Å². The molecule has 3 nitrogen and oxygen atoms in total. The largest absolute Gasteiger partial charge is 0.310 e. The number of hydrogen-bond acceptors (Lipinski definition) is 5. The van der Waals surface area contributed by atoms with Crippen molar-refractivity contribution in [1.29, 1.82) is 0 Å². The van der Waals surface area contributed by atoms with E-state index in [-0.39, 0.29) is 0 Å². The highest BCUT2D eigenvalue weighted by molar-refractivity contribution is 7.29. The SMILES string of the molecule is Bc1cc(B)c(-c2c(B)c(B)c(B)c3c2sc2c(B)c(B)c(B)c(B)c23)c(B)c1-c1ncnc2c1sc1ccc(-n3c4c(B)c(B)c(B)c(B)c4c4c5sc6c(B)c(B)c(B)c(B)c6c5c(B)c(B)c43)cc12. The van der Waals surface area contributed by atoms with E-state index in [1.165, 1.54) is 204 Å². The molecule has 0 saturated carbocycles. The Morgan fingerprint density at radius 3 is 1.40 bits per heavy atom. The van der Waals surface area contributed by atoms with Gasteiger partial charge in [0, 0.05) is 56.4 Å². The summed E-state index contributed by atoms with van der Waals surface area (Å²) < 4.78 is 10.7. The van der Waals surface area contributed by atoms with E-state index in [0.717, 1.165) is 15.9 Å². The molecule has 0 aliphatic carbocycles. The molecule has 12 aromatic rings. The summed E-state index contributed by atoms with van der Waals surface area (Å²) in [4.78, 5) is 10.4. The first-order chi connectivity index (χ1) is 34.1. The standard InChI is InChI=1S/C46H45B20N3S3/c47-8-4-9(48)12(20(49)11(8)14-22(51)27(56)23(52)15-17-24(53)29(58)32(61)36(65)44(17)71-42(14)15)39-46-38(67-5-68-39)7-3-6(1-2-10(7)70-46)69-40-13(21(50)28(57)31(60)35(40)64)19-41(69)34(63)26(55)16-18-25(54)30(59)33(62)37(66)45(18)72-43(16)19/h1-5H,47-66H2. The van der Waals surface area contributed by atoms with E-state index in [1.807, 2.05) is 40.3 Å². The third-order valence-corrected chi connectivity index (χ3v) is 22.6. The zero-order chi connectivity index (χ0) is 51.3. The van der Waals surface area contributed by atoms with Gasteiger partial charge in [-0.1, -0.05) is 82.5 Å². The van der Waals surface area contributed by atoms with Crippen LogP contribution in [0.3, 0.4) is 0 Å². The molecule has 26 heteroatoms. The Morgan fingerprint density at radius 1 is 0.333 bits per heavy atom. The van der Waals surface area contributed by atoms with Crippen molar-refractivity contribution in [3.8, 4) is 28.1 Å². The predicted octanol–water partition coefficient (Wildman–Crippen LogP) is -20.8. The maximum absolute atomic E-state index is 5.23. The highest BCUT2D eigenvalue weighted by Crippen LogP contribution is 2.43. The van der Waals surface area contributed by atoms with Gasteiger partial charge in [0.1, 0.15) is 163 Å². The van der Waals surface area contributed by atoms with Crippen LogP contribution in [-0.2, 0) is 0 Å². The first kappa shape index (κ1) is 48.3. The molecule has 72 heavy (non-hydrogen) atoms. The van der Waals surface area contributed by atoms with Crippen LogP contribution < -0.4 is 109 Å². The minimum Gasteiger partial charge on any atom is -0.310 e. The minimum absolute atomic E-state index is 1.02. The fourth-order valence-electron chi connectivity index (χ4n) is 13.4. The fraction of sp³-hybridized carbons (Fsp3) is 0. The molecule has 12 rings (SSSR count). The molecule has 0 radical (unpaired) electrons. The van der Waals surface area contributed by atoms with Gasteiger partial charge in [-0.3, -0.25) is 0 Å². The lowest BCUT2D eigenvalue weighted by molar-refractivity contribution is 1.20. The summed E-state index contributed by atoms with van der Waals surface area (Å²) in [7, 11) is 46.6. The highest BCUT2D eigenvalue weighted by Gasteiger charge is 2.29. The van der Waals surface area contributed by atoms with Crippen molar-refractivity contribution >= 4 is 383 Å². The molecular formula is C46H45B20N3S3. The lowest BCUT2D eigenvalue weighted by atomic mass is 9.62. The monoisotopic (exact) mass is 955 g/mol. The van der Waals surface area contributed by atoms with E-state index in [0.29, 0.717) is 0 Å². The number of nitrogens with zero attached hydrogens (tertiary/aromatic N) is 3. The van der Waals surface area contributed by atoms with Gasteiger partial charge < -0.3 is 4.57 Å². The van der Waals surface area contributed by atoms with E-state index in [9.17, 15) is 0 Å². The van der Waals surface area contributed by atoms with Crippen molar-refractivity contribution in [2.75, 3.05) is 0 Å². The topological polar surface area (TPSA) is 30.7 Å². The van der Waals surface area contributed by atoms with Gasteiger partial charge in [0.25, 0.3) is 0 Å². The molecule has 0 aliphatic heterocycles. The molecule has 5 aromatic heterocycles. The first-order valence-corrected chi connectivity index (χ1v) is 28.1. The summed E-state index contributed by atoms with van der Waals surface area (Å²) in [6, 6.07) is 9.56. The second-order valence-corrected chi connectivity index (χ2v) is 25.0. The van der Waals surface area contributed by atoms with E-state index in [2.05, 4.69) is 186 Å². The van der Waals surface area contributed by atoms with Crippen LogP contribution in [0, 0.1) is 0 Å². The van der Waals surface area contributed by atoms with E-state index in [4.69, 9.17) is 9.97 Å². The molecule has 0 spiro atoms. The molecule has 7 aromatic carbocycles. The minimum atomic E-state index is 1.02.